The Morgan fingerprint density at radius 1 is 1.33 bits per heavy atom. The molecule has 0 saturated carbocycles. The quantitative estimate of drug-likeness (QED) is 0.904. The summed E-state index contributed by atoms with van der Waals surface area (Å²) in [6.45, 7) is 7.62. The highest BCUT2D eigenvalue weighted by molar-refractivity contribution is 7.16. The number of aromatic nitrogens is 2. The lowest BCUT2D eigenvalue weighted by Crippen LogP contribution is -2.20. The van der Waals surface area contributed by atoms with Gasteiger partial charge in [0.1, 0.15) is 9.88 Å². The Kier molecular flexibility index (Phi) is 4.11. The lowest BCUT2D eigenvalue weighted by atomic mass is 9.91. The van der Waals surface area contributed by atoms with Crippen LogP contribution < -0.4 is 5.32 Å². The molecule has 112 valence electrons. The van der Waals surface area contributed by atoms with Crippen molar-refractivity contribution in [3.63, 3.8) is 0 Å². The van der Waals surface area contributed by atoms with Gasteiger partial charge in [0.05, 0.1) is 11.3 Å². The van der Waals surface area contributed by atoms with E-state index in [0.29, 0.717) is 15.6 Å². The molecule has 0 atom stereocenters. The molecule has 2 heterocycles. The first kappa shape index (κ1) is 15.6. The van der Waals surface area contributed by atoms with Crippen LogP contribution in [0, 0.1) is 6.92 Å². The van der Waals surface area contributed by atoms with Gasteiger partial charge in [0.15, 0.2) is 0 Å². The fourth-order valence-corrected chi connectivity index (χ4v) is 3.43. The smallest absolute Gasteiger partial charge is 0.338 e. The second-order valence-electron chi connectivity index (χ2n) is 5.56. The van der Waals surface area contributed by atoms with Crippen LogP contribution >= 0.6 is 22.9 Å². The van der Waals surface area contributed by atoms with Crippen molar-refractivity contribution >= 4 is 39.7 Å². The third-order valence-electron chi connectivity index (χ3n) is 2.72. The van der Waals surface area contributed by atoms with Gasteiger partial charge >= 0.3 is 5.97 Å². The number of thiophene rings is 1. The van der Waals surface area contributed by atoms with E-state index in [9.17, 15) is 9.59 Å². The van der Waals surface area contributed by atoms with Crippen molar-refractivity contribution in [3.8, 4) is 0 Å². The van der Waals surface area contributed by atoms with Crippen LogP contribution in [0.5, 0.6) is 0 Å². The number of carboxylic acid groups (broad SMARTS) is 1. The summed E-state index contributed by atoms with van der Waals surface area (Å²) in [4.78, 5) is 24.8. The second kappa shape index (κ2) is 5.53. The summed E-state index contributed by atoms with van der Waals surface area (Å²) in [6.07, 6.45) is 0. The highest BCUT2D eigenvalue weighted by atomic mass is 32.1. The SMILES string of the molecule is Cc1cc(C(=O)O)c(NC(=O)c2snnc2C(C)(C)C)s1. The van der Waals surface area contributed by atoms with Gasteiger partial charge in [-0.15, -0.1) is 16.4 Å². The average molecular weight is 325 g/mol. The summed E-state index contributed by atoms with van der Waals surface area (Å²) in [5, 5.41) is 16.1. The van der Waals surface area contributed by atoms with Gasteiger partial charge in [-0.05, 0) is 24.5 Å². The number of rotatable bonds is 3. The van der Waals surface area contributed by atoms with E-state index in [0.717, 1.165) is 16.4 Å². The second-order valence-corrected chi connectivity index (χ2v) is 7.57. The summed E-state index contributed by atoms with van der Waals surface area (Å²) in [7, 11) is 0. The maximum Gasteiger partial charge on any atom is 0.338 e. The maximum absolute atomic E-state index is 12.4. The number of aromatic carboxylic acids is 1. The summed E-state index contributed by atoms with van der Waals surface area (Å²) in [5.41, 5.74) is 0.400. The molecule has 0 fully saturated rings. The Bertz CT molecular complexity index is 698. The molecule has 21 heavy (non-hydrogen) atoms. The Morgan fingerprint density at radius 2 is 2.00 bits per heavy atom. The minimum Gasteiger partial charge on any atom is -0.478 e. The molecule has 0 bridgehead atoms. The van der Waals surface area contributed by atoms with Gasteiger partial charge in [-0.1, -0.05) is 25.3 Å². The van der Waals surface area contributed by atoms with E-state index in [1.807, 2.05) is 20.8 Å². The molecule has 2 aromatic rings. The molecule has 8 heteroatoms. The first-order valence-corrected chi connectivity index (χ1v) is 7.77. The summed E-state index contributed by atoms with van der Waals surface area (Å²) in [5.74, 6) is -1.44. The number of nitrogens with one attached hydrogen (secondary N) is 1. The number of hydrogen-bond acceptors (Lipinski definition) is 6. The highest BCUT2D eigenvalue weighted by Gasteiger charge is 2.27. The summed E-state index contributed by atoms with van der Waals surface area (Å²) < 4.78 is 3.83. The van der Waals surface area contributed by atoms with Crippen LogP contribution in [0.3, 0.4) is 0 Å². The summed E-state index contributed by atoms with van der Waals surface area (Å²) in [6, 6.07) is 1.54. The topological polar surface area (TPSA) is 92.2 Å². The van der Waals surface area contributed by atoms with Gasteiger partial charge < -0.3 is 10.4 Å². The first-order valence-electron chi connectivity index (χ1n) is 6.18. The number of carbonyl (C=O) groups excluding carboxylic acids is 1. The zero-order chi connectivity index (χ0) is 15.8. The van der Waals surface area contributed by atoms with Crippen molar-refractivity contribution in [1.82, 2.24) is 9.59 Å². The van der Waals surface area contributed by atoms with Crippen LogP contribution in [0.15, 0.2) is 6.07 Å². The minimum atomic E-state index is -1.06. The number of carboxylic acids is 1. The number of hydrogen-bond donors (Lipinski definition) is 2. The molecule has 0 aliphatic heterocycles. The Balaban J connectivity index is 2.32. The van der Waals surface area contributed by atoms with Crippen molar-refractivity contribution in [2.45, 2.75) is 33.1 Å². The van der Waals surface area contributed by atoms with E-state index >= 15 is 0 Å². The summed E-state index contributed by atoms with van der Waals surface area (Å²) >= 11 is 2.24. The van der Waals surface area contributed by atoms with Crippen molar-refractivity contribution in [2.75, 3.05) is 5.32 Å². The van der Waals surface area contributed by atoms with E-state index in [2.05, 4.69) is 14.9 Å². The molecule has 0 unspecified atom stereocenters. The fraction of sp³-hybridized carbons (Fsp3) is 0.385. The van der Waals surface area contributed by atoms with Gasteiger partial charge in [0.25, 0.3) is 5.91 Å². The van der Waals surface area contributed by atoms with Crippen LogP contribution in [0.2, 0.25) is 0 Å². The monoisotopic (exact) mass is 325 g/mol. The molecule has 0 saturated heterocycles. The molecule has 2 rings (SSSR count). The number of carbonyl (C=O) groups is 2. The van der Waals surface area contributed by atoms with Crippen LogP contribution in [0.25, 0.3) is 0 Å². The third kappa shape index (κ3) is 3.27. The zero-order valence-electron chi connectivity index (χ0n) is 12.1. The van der Waals surface area contributed by atoms with Gasteiger partial charge in [0, 0.05) is 10.3 Å². The predicted molar refractivity (Wildman–Crippen MR) is 82.6 cm³/mol. The molecular weight excluding hydrogens is 310 g/mol. The largest absolute Gasteiger partial charge is 0.478 e. The number of anilines is 1. The predicted octanol–water partition coefficient (Wildman–Crippen LogP) is 3.16. The fourth-order valence-electron chi connectivity index (χ4n) is 1.76. The van der Waals surface area contributed by atoms with E-state index in [-0.39, 0.29) is 16.9 Å². The first-order chi connectivity index (χ1) is 9.70. The van der Waals surface area contributed by atoms with E-state index in [1.165, 1.54) is 17.4 Å². The minimum absolute atomic E-state index is 0.0978. The van der Waals surface area contributed by atoms with Crippen LogP contribution in [0.4, 0.5) is 5.00 Å². The zero-order valence-corrected chi connectivity index (χ0v) is 13.7. The molecule has 0 radical (unpaired) electrons. The molecule has 0 spiro atoms. The average Bonchev–Trinajstić information content (AvgIpc) is 2.94. The van der Waals surface area contributed by atoms with Gasteiger partial charge in [-0.25, -0.2) is 4.79 Å². The van der Waals surface area contributed by atoms with Crippen LogP contribution in [-0.2, 0) is 5.41 Å². The van der Waals surface area contributed by atoms with Gasteiger partial charge in [-0.2, -0.15) is 0 Å². The van der Waals surface area contributed by atoms with Gasteiger partial charge in [0.2, 0.25) is 0 Å². The molecule has 0 aliphatic carbocycles. The van der Waals surface area contributed by atoms with Crippen molar-refractivity contribution in [3.05, 3.63) is 27.1 Å². The molecule has 6 nitrogen and oxygen atoms in total. The van der Waals surface area contributed by atoms with Crippen LogP contribution in [-0.4, -0.2) is 26.6 Å². The Labute approximate surface area is 130 Å². The molecule has 2 N–H and O–H groups in total. The molecule has 2 aromatic heterocycles. The molecular formula is C13H15N3O3S2. The lowest BCUT2D eigenvalue weighted by molar-refractivity contribution is 0.0698. The van der Waals surface area contributed by atoms with E-state index in [1.54, 1.807) is 6.92 Å². The van der Waals surface area contributed by atoms with E-state index < -0.39 is 5.97 Å². The normalized spacial score (nSPS) is 11.4. The third-order valence-corrected chi connectivity index (χ3v) is 4.41. The van der Waals surface area contributed by atoms with Crippen molar-refractivity contribution in [2.24, 2.45) is 0 Å². The molecule has 0 aromatic carbocycles. The maximum atomic E-state index is 12.4. The van der Waals surface area contributed by atoms with Crippen LogP contribution in [0.1, 0.15) is 51.4 Å². The van der Waals surface area contributed by atoms with Crippen molar-refractivity contribution in [1.29, 1.82) is 0 Å². The number of amides is 1. The Hall–Kier alpha value is -1.80. The standard InChI is InChI=1S/C13H15N3O3S2/c1-6-5-7(12(18)19)11(20-6)14-10(17)8-9(13(2,3)4)15-16-21-8/h5H,1-4H3,(H,14,17)(H,18,19). The Morgan fingerprint density at radius 3 is 2.57 bits per heavy atom. The molecule has 1 amide bonds. The van der Waals surface area contributed by atoms with Crippen molar-refractivity contribution < 1.29 is 14.7 Å². The molecule has 0 aliphatic rings. The van der Waals surface area contributed by atoms with E-state index in [4.69, 9.17) is 5.11 Å². The van der Waals surface area contributed by atoms with Gasteiger partial charge in [-0.3, -0.25) is 4.79 Å². The number of nitrogens with zero attached hydrogens (tertiary/aromatic N) is 2. The lowest BCUT2D eigenvalue weighted by Gasteiger charge is -2.16. The number of aryl methyl sites for hydroxylation is 1. The highest BCUT2D eigenvalue weighted by Crippen LogP contribution is 2.30.